The van der Waals surface area contributed by atoms with Gasteiger partial charge in [0, 0.05) is 0 Å². The van der Waals surface area contributed by atoms with Gasteiger partial charge < -0.3 is 17.7 Å². The standard InChI is InChI=1S/C8H5BF7O/c1-17-7-2-4(8(11,12)13)6(10)3-5(7)9(14,15)16/h2-3H,1H3/q-1. The van der Waals surface area contributed by atoms with E-state index in [1.165, 1.54) is 0 Å². The number of benzene rings is 1. The molecule has 1 rings (SSSR count). The highest BCUT2D eigenvalue weighted by molar-refractivity contribution is 6.74. The van der Waals surface area contributed by atoms with Crippen molar-refractivity contribution in [2.45, 2.75) is 6.18 Å². The zero-order valence-corrected chi connectivity index (χ0v) is 8.29. The lowest BCUT2D eigenvalue weighted by molar-refractivity contribution is -0.140. The molecular weight excluding hydrogens is 256 g/mol. The average Bonchev–Trinajstić information content (AvgIpc) is 2.14. The van der Waals surface area contributed by atoms with Crippen molar-refractivity contribution in [3.05, 3.63) is 23.5 Å². The minimum Gasteiger partial charge on any atom is -0.500 e. The summed E-state index contributed by atoms with van der Waals surface area (Å²) in [4.78, 5) is 0. The predicted molar refractivity (Wildman–Crippen MR) is 46.7 cm³/mol. The third kappa shape index (κ3) is 2.83. The Labute approximate surface area is 91.2 Å². The van der Waals surface area contributed by atoms with Crippen molar-refractivity contribution >= 4 is 12.4 Å². The van der Waals surface area contributed by atoms with Gasteiger partial charge in [-0.05, 0) is 12.1 Å². The Morgan fingerprint density at radius 3 is 2.00 bits per heavy atom. The summed E-state index contributed by atoms with van der Waals surface area (Å²) in [5, 5.41) is 0. The lowest BCUT2D eigenvalue weighted by atomic mass is 9.78. The average molecular weight is 261 g/mol. The lowest BCUT2D eigenvalue weighted by Gasteiger charge is -2.20. The highest BCUT2D eigenvalue weighted by Gasteiger charge is 2.38. The Morgan fingerprint density at radius 1 is 1.12 bits per heavy atom. The maximum Gasteiger partial charge on any atom is 0.513 e. The van der Waals surface area contributed by atoms with Gasteiger partial charge in [-0.15, -0.1) is 0 Å². The van der Waals surface area contributed by atoms with E-state index >= 15 is 0 Å². The summed E-state index contributed by atoms with van der Waals surface area (Å²) in [6.07, 6.45) is -5.07. The molecule has 0 fully saturated rings. The molecule has 17 heavy (non-hydrogen) atoms. The first-order chi connectivity index (χ1) is 7.57. The number of alkyl halides is 3. The van der Waals surface area contributed by atoms with Gasteiger partial charge in [0.15, 0.2) is 0 Å². The normalized spacial score (nSPS) is 12.7. The molecule has 0 aliphatic rings. The second kappa shape index (κ2) is 4.12. The third-order valence-electron chi connectivity index (χ3n) is 1.98. The van der Waals surface area contributed by atoms with Crippen LogP contribution >= 0.6 is 0 Å². The molecule has 1 nitrogen and oxygen atoms in total. The van der Waals surface area contributed by atoms with Crippen LogP contribution in [0.1, 0.15) is 5.56 Å². The minimum atomic E-state index is -5.64. The van der Waals surface area contributed by atoms with Gasteiger partial charge in [-0.3, -0.25) is 0 Å². The number of ether oxygens (including phenoxy) is 1. The first kappa shape index (κ1) is 13.7. The van der Waals surface area contributed by atoms with E-state index in [4.69, 9.17) is 0 Å². The van der Waals surface area contributed by atoms with Crippen LogP contribution in [-0.2, 0) is 6.18 Å². The smallest absolute Gasteiger partial charge is 0.500 e. The molecule has 1 aromatic rings. The number of rotatable bonds is 2. The molecule has 0 aliphatic carbocycles. The molecular formula is C8H5BF7O-. The molecule has 0 heterocycles. The maximum absolute atomic E-state index is 12.9. The van der Waals surface area contributed by atoms with Crippen LogP contribution in [0.25, 0.3) is 0 Å². The fourth-order valence-corrected chi connectivity index (χ4v) is 1.22. The van der Waals surface area contributed by atoms with Crippen LogP contribution in [0.15, 0.2) is 12.1 Å². The van der Waals surface area contributed by atoms with Gasteiger partial charge in [0.2, 0.25) is 0 Å². The van der Waals surface area contributed by atoms with Gasteiger partial charge in [0.05, 0.1) is 18.4 Å². The van der Waals surface area contributed by atoms with Crippen LogP contribution in [0.5, 0.6) is 5.75 Å². The largest absolute Gasteiger partial charge is 0.513 e. The molecule has 0 amide bonds. The molecule has 0 bridgehead atoms. The summed E-state index contributed by atoms with van der Waals surface area (Å²) >= 11 is 0. The maximum atomic E-state index is 12.9. The van der Waals surface area contributed by atoms with E-state index < -0.39 is 35.7 Å². The Morgan fingerprint density at radius 2 is 1.65 bits per heavy atom. The first-order valence-electron chi connectivity index (χ1n) is 4.22. The second-order valence-corrected chi connectivity index (χ2v) is 3.15. The van der Waals surface area contributed by atoms with Gasteiger partial charge in [-0.1, -0.05) is 5.46 Å². The van der Waals surface area contributed by atoms with Crippen LogP contribution < -0.4 is 10.2 Å². The second-order valence-electron chi connectivity index (χ2n) is 3.15. The summed E-state index contributed by atoms with van der Waals surface area (Å²) < 4.78 is 90.9. The quantitative estimate of drug-likeness (QED) is 0.587. The summed E-state index contributed by atoms with van der Waals surface area (Å²) in [7, 11) is 0.777. The topological polar surface area (TPSA) is 9.23 Å². The van der Waals surface area contributed by atoms with Gasteiger partial charge in [-0.2, -0.15) is 13.2 Å². The Kier molecular flexibility index (Phi) is 3.31. The van der Waals surface area contributed by atoms with E-state index in [2.05, 4.69) is 4.74 Å². The highest BCUT2D eigenvalue weighted by atomic mass is 19.4. The Bertz CT molecular complexity index is 423. The van der Waals surface area contributed by atoms with Crippen LogP contribution in [0.2, 0.25) is 0 Å². The van der Waals surface area contributed by atoms with Crippen LogP contribution in [0, 0.1) is 5.82 Å². The van der Waals surface area contributed by atoms with Gasteiger partial charge in [0.25, 0.3) is 0 Å². The number of methoxy groups -OCH3 is 1. The van der Waals surface area contributed by atoms with Crippen LogP contribution in [0.3, 0.4) is 0 Å². The zero-order chi connectivity index (χ0) is 13.4. The highest BCUT2D eigenvalue weighted by Crippen LogP contribution is 2.34. The van der Waals surface area contributed by atoms with Crippen molar-refractivity contribution in [1.82, 2.24) is 0 Å². The van der Waals surface area contributed by atoms with Crippen molar-refractivity contribution in [3.63, 3.8) is 0 Å². The van der Waals surface area contributed by atoms with E-state index in [9.17, 15) is 30.5 Å². The summed E-state index contributed by atoms with van der Waals surface area (Å²) in [5.74, 6) is -3.03. The predicted octanol–water partition coefficient (Wildman–Crippen LogP) is 2.91. The molecule has 1 aromatic carbocycles. The summed E-state index contributed by atoms with van der Waals surface area (Å²) in [6.45, 7) is -5.64. The molecule has 0 unspecified atom stereocenters. The third-order valence-corrected chi connectivity index (χ3v) is 1.98. The number of hydrogen-bond donors (Lipinski definition) is 0. The van der Waals surface area contributed by atoms with Gasteiger partial charge in [0.1, 0.15) is 5.82 Å². The first-order valence-corrected chi connectivity index (χ1v) is 4.22. The van der Waals surface area contributed by atoms with E-state index in [0.29, 0.717) is 0 Å². The van der Waals surface area contributed by atoms with E-state index in [0.717, 1.165) is 7.11 Å². The minimum absolute atomic E-state index is 0.0000926. The fourth-order valence-electron chi connectivity index (χ4n) is 1.22. The molecule has 0 aromatic heterocycles. The van der Waals surface area contributed by atoms with Crippen LogP contribution in [-0.4, -0.2) is 14.1 Å². The monoisotopic (exact) mass is 261 g/mol. The van der Waals surface area contributed by atoms with Crippen molar-refractivity contribution in [1.29, 1.82) is 0 Å². The van der Waals surface area contributed by atoms with Crippen LogP contribution in [0.4, 0.5) is 30.5 Å². The van der Waals surface area contributed by atoms with Crippen molar-refractivity contribution in [2.24, 2.45) is 0 Å². The fraction of sp³-hybridized carbons (Fsp3) is 0.250. The summed E-state index contributed by atoms with van der Waals surface area (Å²) in [6, 6.07) is -0.207. The van der Waals surface area contributed by atoms with E-state index in [1.54, 1.807) is 0 Å². The number of halogens is 7. The molecule has 0 N–H and O–H groups in total. The summed E-state index contributed by atoms with van der Waals surface area (Å²) in [5.41, 5.74) is -3.32. The Hall–Kier alpha value is -1.41. The lowest BCUT2D eigenvalue weighted by Crippen LogP contribution is -2.36. The van der Waals surface area contributed by atoms with Gasteiger partial charge >= 0.3 is 13.2 Å². The molecule has 0 radical (unpaired) electrons. The molecule has 96 valence electrons. The molecule has 0 saturated heterocycles. The SMILES string of the molecule is COc1cc(C(F)(F)F)c(F)cc1[B-](F)(F)F. The van der Waals surface area contributed by atoms with E-state index in [1.807, 2.05) is 0 Å². The number of hydrogen-bond acceptors (Lipinski definition) is 1. The van der Waals surface area contributed by atoms with E-state index in [-0.39, 0.29) is 12.1 Å². The molecule has 0 aliphatic heterocycles. The molecule has 9 heteroatoms. The van der Waals surface area contributed by atoms with Crippen molar-refractivity contribution in [2.75, 3.05) is 7.11 Å². The Balaban J connectivity index is 3.46. The van der Waals surface area contributed by atoms with Crippen molar-refractivity contribution in [3.8, 4) is 5.75 Å². The van der Waals surface area contributed by atoms with Crippen molar-refractivity contribution < 1.29 is 35.2 Å². The molecule has 0 spiro atoms. The molecule has 0 atom stereocenters. The van der Waals surface area contributed by atoms with Gasteiger partial charge in [-0.25, -0.2) is 4.39 Å². The molecule has 0 saturated carbocycles. The zero-order valence-electron chi connectivity index (χ0n) is 8.29.